The Morgan fingerprint density at radius 2 is 1.75 bits per heavy atom. The number of pyridine rings is 1. The molecule has 1 fully saturated rings. The molecule has 1 aliphatic heterocycles. The largest absolute Gasteiger partial charge is 0.496 e. The van der Waals surface area contributed by atoms with Gasteiger partial charge in [0.05, 0.1) is 13.7 Å². The van der Waals surface area contributed by atoms with Gasteiger partial charge in [-0.05, 0) is 54.3 Å². The lowest BCUT2D eigenvalue weighted by Gasteiger charge is -2.35. The standard InChI is InChI=1S/C29H36N4O3/c1-35-27-8-3-2-7-25(27)12-15-29(34)31-17-6-22-36-26-13-10-24(11-14-26)23-32-18-20-33(21-19-32)28-9-4-5-16-30-28/h2-5,7-11,13-14,16H,6,12,15,17-23H2,1H3,(H,31,34). The maximum Gasteiger partial charge on any atom is 0.220 e. The molecule has 4 rings (SSSR count). The fourth-order valence-corrected chi connectivity index (χ4v) is 4.36. The van der Waals surface area contributed by atoms with E-state index in [0.717, 1.165) is 62.0 Å². The van der Waals surface area contributed by atoms with Crippen LogP contribution in [0.3, 0.4) is 0 Å². The number of carbonyl (C=O) groups is 1. The molecule has 3 aromatic rings. The van der Waals surface area contributed by atoms with Crippen molar-refractivity contribution in [2.45, 2.75) is 25.8 Å². The van der Waals surface area contributed by atoms with Crippen molar-refractivity contribution in [3.8, 4) is 11.5 Å². The molecule has 1 aliphatic rings. The van der Waals surface area contributed by atoms with Crippen molar-refractivity contribution in [2.24, 2.45) is 0 Å². The van der Waals surface area contributed by atoms with E-state index in [4.69, 9.17) is 9.47 Å². The summed E-state index contributed by atoms with van der Waals surface area (Å²) < 4.78 is 11.2. The molecule has 7 heteroatoms. The highest BCUT2D eigenvalue weighted by molar-refractivity contribution is 5.76. The minimum absolute atomic E-state index is 0.0473. The molecule has 190 valence electrons. The highest BCUT2D eigenvalue weighted by atomic mass is 16.5. The number of para-hydroxylation sites is 1. The molecule has 0 spiro atoms. The number of carbonyl (C=O) groups excluding carboxylic acids is 1. The first-order chi connectivity index (χ1) is 17.7. The molecule has 1 aromatic heterocycles. The second-order valence-electron chi connectivity index (χ2n) is 8.96. The Bertz CT molecular complexity index is 1070. The van der Waals surface area contributed by atoms with Crippen LogP contribution in [-0.4, -0.2) is 62.2 Å². The van der Waals surface area contributed by atoms with Gasteiger partial charge in [-0.1, -0.05) is 36.4 Å². The molecule has 1 amide bonds. The molecule has 0 saturated carbocycles. The van der Waals surface area contributed by atoms with E-state index in [1.807, 2.05) is 54.7 Å². The van der Waals surface area contributed by atoms with E-state index in [2.05, 4.69) is 38.3 Å². The Hall–Kier alpha value is -3.58. The number of nitrogens with one attached hydrogen (secondary N) is 1. The van der Waals surface area contributed by atoms with Crippen molar-refractivity contribution in [1.82, 2.24) is 15.2 Å². The monoisotopic (exact) mass is 488 g/mol. The van der Waals surface area contributed by atoms with Crippen LogP contribution in [0.5, 0.6) is 11.5 Å². The Morgan fingerprint density at radius 1 is 0.972 bits per heavy atom. The van der Waals surface area contributed by atoms with Gasteiger partial charge in [0, 0.05) is 51.9 Å². The number of hydrogen-bond donors (Lipinski definition) is 1. The maximum absolute atomic E-state index is 12.1. The Labute approximate surface area is 214 Å². The van der Waals surface area contributed by atoms with Crippen LogP contribution in [0.1, 0.15) is 24.0 Å². The molecule has 0 aliphatic carbocycles. The first kappa shape index (κ1) is 25.5. The van der Waals surface area contributed by atoms with Gasteiger partial charge in [-0.15, -0.1) is 0 Å². The minimum Gasteiger partial charge on any atom is -0.496 e. The SMILES string of the molecule is COc1ccccc1CCC(=O)NCCCOc1ccc(CN2CCN(c3ccccn3)CC2)cc1. The zero-order valence-corrected chi connectivity index (χ0v) is 21.1. The summed E-state index contributed by atoms with van der Waals surface area (Å²) in [6, 6.07) is 22.2. The Balaban J connectivity index is 1.09. The highest BCUT2D eigenvalue weighted by Gasteiger charge is 2.17. The van der Waals surface area contributed by atoms with Crippen LogP contribution in [-0.2, 0) is 17.8 Å². The van der Waals surface area contributed by atoms with Crippen molar-refractivity contribution < 1.29 is 14.3 Å². The van der Waals surface area contributed by atoms with Gasteiger partial charge in [0.1, 0.15) is 17.3 Å². The van der Waals surface area contributed by atoms with E-state index in [0.29, 0.717) is 26.0 Å². The summed E-state index contributed by atoms with van der Waals surface area (Å²) in [4.78, 5) is 21.4. The Kier molecular flexibility index (Phi) is 9.56. The van der Waals surface area contributed by atoms with E-state index in [9.17, 15) is 4.79 Å². The molecule has 0 atom stereocenters. The Morgan fingerprint density at radius 3 is 2.50 bits per heavy atom. The van der Waals surface area contributed by atoms with Crippen LogP contribution in [0.4, 0.5) is 5.82 Å². The fraction of sp³-hybridized carbons (Fsp3) is 0.379. The highest BCUT2D eigenvalue weighted by Crippen LogP contribution is 2.19. The quantitative estimate of drug-likeness (QED) is 0.390. The van der Waals surface area contributed by atoms with E-state index >= 15 is 0 Å². The second-order valence-corrected chi connectivity index (χ2v) is 8.96. The van der Waals surface area contributed by atoms with Crippen LogP contribution < -0.4 is 19.7 Å². The number of aromatic nitrogens is 1. The van der Waals surface area contributed by atoms with Crippen molar-refractivity contribution in [3.63, 3.8) is 0 Å². The van der Waals surface area contributed by atoms with Gasteiger partial charge < -0.3 is 19.7 Å². The number of ether oxygens (including phenoxy) is 2. The van der Waals surface area contributed by atoms with Crippen molar-refractivity contribution >= 4 is 11.7 Å². The van der Waals surface area contributed by atoms with Crippen LogP contribution in [0, 0.1) is 0 Å². The number of piperazine rings is 1. The van der Waals surface area contributed by atoms with Crippen LogP contribution in [0.25, 0.3) is 0 Å². The number of anilines is 1. The van der Waals surface area contributed by atoms with Gasteiger partial charge in [0.15, 0.2) is 0 Å². The normalized spacial score (nSPS) is 13.9. The summed E-state index contributed by atoms with van der Waals surface area (Å²) in [7, 11) is 1.65. The summed E-state index contributed by atoms with van der Waals surface area (Å²) in [6.07, 6.45) is 3.73. The maximum atomic E-state index is 12.1. The topological polar surface area (TPSA) is 66.9 Å². The molecule has 7 nitrogen and oxygen atoms in total. The van der Waals surface area contributed by atoms with Crippen LogP contribution >= 0.6 is 0 Å². The van der Waals surface area contributed by atoms with Gasteiger partial charge in [0.25, 0.3) is 0 Å². The van der Waals surface area contributed by atoms with Gasteiger partial charge in [0.2, 0.25) is 5.91 Å². The van der Waals surface area contributed by atoms with Gasteiger partial charge in [-0.3, -0.25) is 9.69 Å². The average Bonchev–Trinajstić information content (AvgIpc) is 2.93. The van der Waals surface area contributed by atoms with Crippen molar-refractivity contribution in [2.75, 3.05) is 51.3 Å². The predicted octanol–water partition coefficient (Wildman–Crippen LogP) is 3.93. The summed E-state index contributed by atoms with van der Waals surface area (Å²) in [5.74, 6) is 2.80. The molecular formula is C29H36N4O3. The minimum atomic E-state index is 0.0473. The lowest BCUT2D eigenvalue weighted by molar-refractivity contribution is -0.121. The molecule has 2 heterocycles. The molecule has 0 radical (unpaired) electrons. The number of benzene rings is 2. The third kappa shape index (κ3) is 7.71. The van der Waals surface area contributed by atoms with Crippen LogP contribution in [0.2, 0.25) is 0 Å². The number of nitrogens with zero attached hydrogens (tertiary/aromatic N) is 3. The average molecular weight is 489 g/mol. The summed E-state index contributed by atoms with van der Waals surface area (Å²) >= 11 is 0. The van der Waals surface area contributed by atoms with E-state index in [1.165, 1.54) is 5.56 Å². The number of methoxy groups -OCH3 is 1. The van der Waals surface area contributed by atoms with E-state index in [-0.39, 0.29) is 5.91 Å². The van der Waals surface area contributed by atoms with Crippen molar-refractivity contribution in [1.29, 1.82) is 0 Å². The molecule has 0 bridgehead atoms. The van der Waals surface area contributed by atoms with Gasteiger partial charge in [-0.2, -0.15) is 0 Å². The van der Waals surface area contributed by atoms with Crippen LogP contribution in [0.15, 0.2) is 72.9 Å². The summed E-state index contributed by atoms with van der Waals surface area (Å²) in [5, 5.41) is 2.97. The molecule has 36 heavy (non-hydrogen) atoms. The van der Waals surface area contributed by atoms with E-state index < -0.39 is 0 Å². The molecule has 1 saturated heterocycles. The lowest BCUT2D eigenvalue weighted by atomic mass is 10.1. The summed E-state index contributed by atoms with van der Waals surface area (Å²) in [6.45, 7) is 6.16. The smallest absolute Gasteiger partial charge is 0.220 e. The molecule has 1 N–H and O–H groups in total. The molecule has 2 aromatic carbocycles. The molecule has 0 unspecified atom stereocenters. The first-order valence-corrected chi connectivity index (χ1v) is 12.7. The van der Waals surface area contributed by atoms with Gasteiger partial charge >= 0.3 is 0 Å². The fourth-order valence-electron chi connectivity index (χ4n) is 4.36. The third-order valence-corrected chi connectivity index (χ3v) is 6.40. The zero-order chi connectivity index (χ0) is 25.0. The first-order valence-electron chi connectivity index (χ1n) is 12.7. The summed E-state index contributed by atoms with van der Waals surface area (Å²) in [5.41, 5.74) is 2.34. The number of rotatable bonds is 12. The predicted molar refractivity (Wildman–Crippen MR) is 143 cm³/mol. The number of hydrogen-bond acceptors (Lipinski definition) is 6. The van der Waals surface area contributed by atoms with Gasteiger partial charge in [-0.25, -0.2) is 4.98 Å². The third-order valence-electron chi connectivity index (χ3n) is 6.40. The molecular weight excluding hydrogens is 452 g/mol. The number of aryl methyl sites for hydroxylation is 1. The number of amides is 1. The van der Waals surface area contributed by atoms with E-state index in [1.54, 1.807) is 7.11 Å². The zero-order valence-electron chi connectivity index (χ0n) is 21.1. The van der Waals surface area contributed by atoms with Crippen molar-refractivity contribution in [3.05, 3.63) is 84.1 Å². The second kappa shape index (κ2) is 13.5. The lowest BCUT2D eigenvalue weighted by Crippen LogP contribution is -2.46.